The Labute approximate surface area is 194 Å². The summed E-state index contributed by atoms with van der Waals surface area (Å²) in [5.41, 5.74) is 2.06. The van der Waals surface area contributed by atoms with Gasteiger partial charge in [-0.1, -0.05) is 35.5 Å². The van der Waals surface area contributed by atoms with Gasteiger partial charge in [-0.25, -0.2) is 4.98 Å². The van der Waals surface area contributed by atoms with Gasteiger partial charge in [0.05, 0.1) is 31.4 Å². The lowest BCUT2D eigenvalue weighted by Crippen LogP contribution is -2.28. The maximum absolute atomic E-state index is 12.4. The number of aromatic nitrogens is 2. The highest BCUT2D eigenvalue weighted by molar-refractivity contribution is 7.99. The van der Waals surface area contributed by atoms with Crippen molar-refractivity contribution in [3.63, 3.8) is 0 Å². The minimum absolute atomic E-state index is 0.0219. The normalized spacial score (nSPS) is 10.6. The average Bonchev–Trinajstić information content (AvgIpc) is 3.19. The molecule has 1 aromatic heterocycles. The zero-order chi connectivity index (χ0) is 22.9. The summed E-state index contributed by atoms with van der Waals surface area (Å²) in [6, 6.07) is 14.2. The molecule has 0 aliphatic heterocycles. The fourth-order valence-electron chi connectivity index (χ4n) is 2.81. The number of anilines is 1. The number of rotatable bonds is 10. The SMILES string of the molecule is COc1ccc(NC(=O)CSc2ncc(CO)n2CC(=O)NCc2ccc(Cl)cc2)cc1. The van der Waals surface area contributed by atoms with Crippen LogP contribution < -0.4 is 15.4 Å². The molecular formula is C22H23ClN4O4S. The zero-order valence-corrected chi connectivity index (χ0v) is 18.9. The molecule has 1 heterocycles. The second-order valence-electron chi connectivity index (χ2n) is 6.74. The average molecular weight is 475 g/mol. The van der Waals surface area contributed by atoms with E-state index in [1.54, 1.807) is 48.1 Å². The topological polar surface area (TPSA) is 105 Å². The van der Waals surface area contributed by atoms with Gasteiger partial charge in [0, 0.05) is 17.3 Å². The molecule has 0 aliphatic rings. The molecule has 0 saturated carbocycles. The van der Waals surface area contributed by atoms with E-state index in [0.29, 0.717) is 33.9 Å². The molecule has 10 heteroatoms. The lowest BCUT2D eigenvalue weighted by Gasteiger charge is -2.11. The van der Waals surface area contributed by atoms with Crippen LogP contribution in [-0.2, 0) is 29.3 Å². The molecule has 0 unspecified atom stereocenters. The predicted molar refractivity (Wildman–Crippen MR) is 124 cm³/mol. The number of nitrogens with zero attached hydrogens (tertiary/aromatic N) is 2. The molecule has 0 spiro atoms. The first-order chi connectivity index (χ1) is 15.5. The lowest BCUT2D eigenvalue weighted by atomic mass is 10.2. The van der Waals surface area contributed by atoms with Crippen LogP contribution in [0.3, 0.4) is 0 Å². The molecule has 2 amide bonds. The highest BCUT2D eigenvalue weighted by atomic mass is 35.5. The molecule has 0 aliphatic carbocycles. The first kappa shape index (κ1) is 23.6. The number of carbonyl (C=O) groups excluding carboxylic acids is 2. The number of benzene rings is 2. The summed E-state index contributed by atoms with van der Waals surface area (Å²) in [5.74, 6) is 0.343. The number of hydrogen-bond acceptors (Lipinski definition) is 6. The quantitative estimate of drug-likeness (QED) is 0.390. The Morgan fingerprint density at radius 1 is 1.12 bits per heavy atom. The van der Waals surface area contributed by atoms with Crippen LogP contribution in [0.25, 0.3) is 0 Å². The molecule has 3 rings (SSSR count). The molecule has 2 aromatic carbocycles. The Balaban J connectivity index is 1.55. The van der Waals surface area contributed by atoms with Gasteiger partial charge in [0.25, 0.3) is 0 Å². The molecule has 168 valence electrons. The third kappa shape index (κ3) is 6.74. The first-order valence-electron chi connectivity index (χ1n) is 9.71. The summed E-state index contributed by atoms with van der Waals surface area (Å²) in [5, 5.41) is 16.3. The van der Waals surface area contributed by atoms with Gasteiger partial charge in [-0.05, 0) is 42.0 Å². The van der Waals surface area contributed by atoms with Crippen molar-refractivity contribution in [3.05, 3.63) is 71.0 Å². The van der Waals surface area contributed by atoms with E-state index in [1.165, 1.54) is 18.0 Å². The number of hydrogen-bond donors (Lipinski definition) is 3. The highest BCUT2D eigenvalue weighted by Gasteiger charge is 2.15. The van der Waals surface area contributed by atoms with Gasteiger partial charge in [0.15, 0.2) is 5.16 Å². The number of halogens is 1. The number of aliphatic hydroxyl groups excluding tert-OH is 1. The van der Waals surface area contributed by atoms with Gasteiger partial charge in [0.2, 0.25) is 11.8 Å². The van der Waals surface area contributed by atoms with Gasteiger partial charge < -0.3 is 25.0 Å². The van der Waals surface area contributed by atoms with Crippen molar-refractivity contribution in [3.8, 4) is 5.75 Å². The van der Waals surface area contributed by atoms with Crippen LogP contribution in [0, 0.1) is 0 Å². The summed E-state index contributed by atoms with van der Waals surface area (Å²) >= 11 is 7.06. The number of thioether (sulfide) groups is 1. The maximum atomic E-state index is 12.4. The van der Waals surface area contributed by atoms with E-state index in [-0.39, 0.29) is 30.7 Å². The van der Waals surface area contributed by atoms with Gasteiger partial charge in [-0.2, -0.15) is 0 Å². The fourth-order valence-corrected chi connectivity index (χ4v) is 3.73. The molecule has 0 saturated heterocycles. The van der Waals surface area contributed by atoms with Crippen molar-refractivity contribution in [2.75, 3.05) is 18.2 Å². The molecule has 0 bridgehead atoms. The van der Waals surface area contributed by atoms with Crippen molar-refractivity contribution in [2.45, 2.75) is 24.9 Å². The molecule has 32 heavy (non-hydrogen) atoms. The van der Waals surface area contributed by atoms with E-state index in [2.05, 4.69) is 15.6 Å². The third-order valence-corrected chi connectivity index (χ3v) is 5.72. The minimum atomic E-state index is -0.268. The molecule has 0 atom stereocenters. The zero-order valence-electron chi connectivity index (χ0n) is 17.4. The molecule has 3 aromatic rings. The Morgan fingerprint density at radius 2 is 1.84 bits per heavy atom. The summed E-state index contributed by atoms with van der Waals surface area (Å²) in [6.45, 7) is 0.0634. The molecule has 8 nitrogen and oxygen atoms in total. The number of methoxy groups -OCH3 is 1. The van der Waals surface area contributed by atoms with Gasteiger partial charge >= 0.3 is 0 Å². The van der Waals surface area contributed by atoms with Crippen molar-refractivity contribution in [1.82, 2.24) is 14.9 Å². The van der Waals surface area contributed by atoms with Crippen molar-refractivity contribution in [1.29, 1.82) is 0 Å². The van der Waals surface area contributed by atoms with E-state index < -0.39 is 0 Å². The van der Waals surface area contributed by atoms with Gasteiger partial charge in [-0.3, -0.25) is 9.59 Å². The smallest absolute Gasteiger partial charge is 0.240 e. The maximum Gasteiger partial charge on any atom is 0.240 e. The Hall–Kier alpha value is -3.01. The van der Waals surface area contributed by atoms with Crippen LogP contribution in [-0.4, -0.2) is 39.3 Å². The number of ether oxygens (including phenoxy) is 1. The minimum Gasteiger partial charge on any atom is -0.497 e. The first-order valence-corrected chi connectivity index (χ1v) is 11.1. The van der Waals surface area contributed by atoms with Crippen molar-refractivity contribution >= 4 is 40.9 Å². The monoisotopic (exact) mass is 474 g/mol. The highest BCUT2D eigenvalue weighted by Crippen LogP contribution is 2.20. The van der Waals surface area contributed by atoms with Crippen LogP contribution >= 0.6 is 23.4 Å². The summed E-state index contributed by atoms with van der Waals surface area (Å²) in [4.78, 5) is 29.0. The van der Waals surface area contributed by atoms with Gasteiger partial charge in [-0.15, -0.1) is 0 Å². The Bertz CT molecular complexity index is 1050. The number of nitrogens with one attached hydrogen (secondary N) is 2. The van der Waals surface area contributed by atoms with Crippen LogP contribution in [0.2, 0.25) is 5.02 Å². The lowest BCUT2D eigenvalue weighted by molar-refractivity contribution is -0.122. The van der Waals surface area contributed by atoms with Crippen LogP contribution in [0.1, 0.15) is 11.3 Å². The van der Waals surface area contributed by atoms with Crippen LogP contribution in [0.15, 0.2) is 59.9 Å². The van der Waals surface area contributed by atoms with Crippen LogP contribution in [0.4, 0.5) is 5.69 Å². The van der Waals surface area contributed by atoms with Gasteiger partial charge in [0.1, 0.15) is 12.3 Å². The summed E-state index contributed by atoms with van der Waals surface area (Å²) in [7, 11) is 1.57. The van der Waals surface area contributed by atoms with E-state index in [4.69, 9.17) is 16.3 Å². The van der Waals surface area contributed by atoms with E-state index in [9.17, 15) is 14.7 Å². The number of carbonyl (C=O) groups is 2. The molecule has 0 fully saturated rings. The number of imidazole rings is 1. The van der Waals surface area contributed by atoms with Crippen molar-refractivity contribution in [2.24, 2.45) is 0 Å². The van der Waals surface area contributed by atoms with E-state index in [0.717, 1.165) is 5.56 Å². The van der Waals surface area contributed by atoms with E-state index >= 15 is 0 Å². The van der Waals surface area contributed by atoms with E-state index in [1.807, 2.05) is 12.1 Å². The number of amides is 2. The molecular weight excluding hydrogens is 452 g/mol. The summed E-state index contributed by atoms with van der Waals surface area (Å²) in [6.07, 6.45) is 1.50. The third-order valence-electron chi connectivity index (χ3n) is 4.47. The van der Waals surface area contributed by atoms with Crippen LogP contribution in [0.5, 0.6) is 5.75 Å². The van der Waals surface area contributed by atoms with Crippen molar-refractivity contribution < 1.29 is 19.4 Å². The Kier molecular flexibility index (Phi) is 8.55. The summed E-state index contributed by atoms with van der Waals surface area (Å²) < 4.78 is 6.70. The largest absolute Gasteiger partial charge is 0.497 e. The molecule has 3 N–H and O–H groups in total. The second kappa shape index (κ2) is 11.6. The predicted octanol–water partition coefficient (Wildman–Crippen LogP) is 3.08. The second-order valence-corrected chi connectivity index (χ2v) is 8.12. The number of aliphatic hydroxyl groups is 1. The molecule has 0 radical (unpaired) electrons. The Morgan fingerprint density at radius 3 is 2.50 bits per heavy atom. The fraction of sp³-hybridized carbons (Fsp3) is 0.227. The standard InChI is InChI=1S/C22H23ClN4O4S/c1-31-19-8-6-17(7-9-19)26-21(30)14-32-22-25-11-18(13-28)27(22)12-20(29)24-10-15-2-4-16(23)5-3-15/h2-9,11,28H,10,12-14H2,1H3,(H,24,29)(H,26,30).